The molecule has 0 radical (unpaired) electrons. The number of carboxylic acid groups (broad SMARTS) is 1. The summed E-state index contributed by atoms with van der Waals surface area (Å²) in [6, 6.07) is 0. The lowest BCUT2D eigenvalue weighted by Crippen LogP contribution is -2.33. The zero-order valence-corrected chi connectivity index (χ0v) is 9.90. The third kappa shape index (κ3) is 12.1. The summed E-state index contributed by atoms with van der Waals surface area (Å²) in [5, 5.41) is 17.0. The molecule has 0 unspecified atom stereocenters. The molecule has 6 heteroatoms. The highest BCUT2D eigenvalue weighted by Gasteiger charge is 1.95. The lowest BCUT2D eigenvalue weighted by molar-refractivity contribution is -0.131. The molecule has 0 bridgehead atoms. The maximum absolute atomic E-state index is 11.0. The molecule has 0 heterocycles. The average molecular weight is 241 g/mol. The van der Waals surface area contributed by atoms with Crippen LogP contribution in [-0.2, 0) is 9.59 Å². The number of carboxylic acids is 1. The molecule has 0 aliphatic heterocycles. The Balaban J connectivity index is 3.33. The van der Waals surface area contributed by atoms with Crippen molar-refractivity contribution in [2.24, 2.45) is 0 Å². The Morgan fingerprint density at radius 2 is 1.82 bits per heavy atom. The molecule has 1 amide bonds. The highest BCUT2D eigenvalue weighted by Crippen LogP contribution is 1.73. The van der Waals surface area contributed by atoms with Gasteiger partial charge in [0, 0.05) is 38.3 Å². The Hall–Kier alpha value is -1.82. The average Bonchev–Trinajstić information content (AvgIpc) is 2.30. The molecule has 0 aromatic heterocycles. The van der Waals surface area contributed by atoms with Crippen molar-refractivity contribution in [3.8, 4) is 0 Å². The first kappa shape index (κ1) is 15.2. The van der Waals surface area contributed by atoms with Crippen LogP contribution in [0.2, 0.25) is 0 Å². The lowest BCUT2D eigenvalue weighted by Gasteiger charge is -2.05. The summed E-state index contributed by atoms with van der Waals surface area (Å²) in [7, 11) is 0. The molecule has 0 aliphatic rings. The van der Waals surface area contributed by atoms with Gasteiger partial charge < -0.3 is 21.1 Å². The van der Waals surface area contributed by atoms with E-state index in [9.17, 15) is 9.59 Å². The second-order valence-electron chi connectivity index (χ2n) is 3.17. The van der Waals surface area contributed by atoms with Gasteiger partial charge in [-0.25, -0.2) is 4.79 Å². The van der Waals surface area contributed by atoms with Crippen molar-refractivity contribution in [1.82, 2.24) is 16.0 Å². The lowest BCUT2D eigenvalue weighted by atomic mass is 10.4. The molecule has 96 valence electrons. The number of hydrogen-bond donors (Lipinski definition) is 4. The Kier molecular flexibility index (Phi) is 9.55. The first-order chi connectivity index (χ1) is 8.16. The van der Waals surface area contributed by atoms with Crippen molar-refractivity contribution in [3.63, 3.8) is 0 Å². The first-order valence-corrected chi connectivity index (χ1v) is 5.41. The van der Waals surface area contributed by atoms with E-state index in [0.29, 0.717) is 13.1 Å². The molecule has 0 aromatic rings. The fraction of sp³-hybridized carbons (Fsp3) is 0.455. The van der Waals surface area contributed by atoms with Crippen molar-refractivity contribution >= 4 is 11.9 Å². The number of aliphatic carboxylic acids is 1. The highest BCUT2D eigenvalue weighted by atomic mass is 16.4. The topological polar surface area (TPSA) is 90.5 Å². The molecule has 6 nitrogen and oxygen atoms in total. The van der Waals surface area contributed by atoms with Crippen molar-refractivity contribution < 1.29 is 14.7 Å². The van der Waals surface area contributed by atoms with Gasteiger partial charge in [0.25, 0.3) is 0 Å². The van der Waals surface area contributed by atoms with Crippen LogP contribution in [0.15, 0.2) is 24.4 Å². The molecule has 17 heavy (non-hydrogen) atoms. The summed E-state index contributed by atoms with van der Waals surface area (Å²) in [6.07, 6.45) is 5.58. The summed E-state index contributed by atoms with van der Waals surface area (Å²) in [5.41, 5.74) is 0. The van der Waals surface area contributed by atoms with E-state index < -0.39 is 11.9 Å². The van der Waals surface area contributed by atoms with Crippen LogP contribution in [0.4, 0.5) is 0 Å². The molecule has 4 N–H and O–H groups in total. The van der Waals surface area contributed by atoms with Crippen LogP contribution < -0.4 is 16.0 Å². The van der Waals surface area contributed by atoms with Gasteiger partial charge in [-0.2, -0.15) is 0 Å². The molecule has 0 spiro atoms. The third-order valence-corrected chi connectivity index (χ3v) is 1.71. The van der Waals surface area contributed by atoms with Gasteiger partial charge >= 0.3 is 5.97 Å². The van der Waals surface area contributed by atoms with Crippen molar-refractivity contribution in [3.05, 3.63) is 24.4 Å². The van der Waals surface area contributed by atoms with Gasteiger partial charge in [0.05, 0.1) is 0 Å². The maximum atomic E-state index is 11.0. The SMILES string of the molecule is C/C=C/NCCNCCNC(=O)/C=C/C(=O)O. The minimum atomic E-state index is -1.13. The summed E-state index contributed by atoms with van der Waals surface area (Å²) in [5.74, 6) is -1.53. The molecule has 0 rings (SSSR count). The van der Waals surface area contributed by atoms with E-state index in [1.165, 1.54) is 0 Å². The van der Waals surface area contributed by atoms with Gasteiger partial charge in [0.2, 0.25) is 5.91 Å². The third-order valence-electron chi connectivity index (χ3n) is 1.71. The molecule has 0 aliphatic carbocycles. The van der Waals surface area contributed by atoms with E-state index in [4.69, 9.17) is 5.11 Å². The van der Waals surface area contributed by atoms with E-state index in [1.54, 1.807) is 0 Å². The molecule has 0 fully saturated rings. The number of carbonyl (C=O) groups is 2. The summed E-state index contributed by atoms with van der Waals surface area (Å²) < 4.78 is 0. The van der Waals surface area contributed by atoms with Crippen LogP contribution in [0.5, 0.6) is 0 Å². The van der Waals surface area contributed by atoms with Crippen LogP contribution >= 0.6 is 0 Å². The summed E-state index contributed by atoms with van der Waals surface area (Å²) in [4.78, 5) is 21.1. The monoisotopic (exact) mass is 241 g/mol. The molecule has 0 aromatic carbocycles. The van der Waals surface area contributed by atoms with E-state index in [-0.39, 0.29) is 0 Å². The Bertz CT molecular complexity index is 288. The van der Waals surface area contributed by atoms with E-state index >= 15 is 0 Å². The van der Waals surface area contributed by atoms with Crippen LogP contribution in [-0.4, -0.2) is 43.2 Å². The highest BCUT2D eigenvalue weighted by molar-refractivity contribution is 5.93. The van der Waals surface area contributed by atoms with E-state index in [2.05, 4.69) is 16.0 Å². The van der Waals surface area contributed by atoms with Gasteiger partial charge in [0.1, 0.15) is 0 Å². The minimum Gasteiger partial charge on any atom is -0.478 e. The largest absolute Gasteiger partial charge is 0.478 e. The van der Waals surface area contributed by atoms with Crippen LogP contribution in [0.3, 0.4) is 0 Å². The fourth-order valence-electron chi connectivity index (χ4n) is 0.967. The number of rotatable bonds is 9. The van der Waals surface area contributed by atoms with Crippen molar-refractivity contribution in [2.75, 3.05) is 26.2 Å². The minimum absolute atomic E-state index is 0.402. The molecule has 0 saturated carbocycles. The summed E-state index contributed by atoms with van der Waals surface area (Å²) in [6.45, 7) is 4.65. The van der Waals surface area contributed by atoms with Gasteiger partial charge in [-0.1, -0.05) is 6.08 Å². The normalized spacial score (nSPS) is 10.9. The smallest absolute Gasteiger partial charge is 0.328 e. The van der Waals surface area contributed by atoms with Crippen molar-refractivity contribution in [1.29, 1.82) is 0 Å². The second-order valence-corrected chi connectivity index (χ2v) is 3.17. The maximum Gasteiger partial charge on any atom is 0.328 e. The number of amides is 1. The number of nitrogens with one attached hydrogen (secondary N) is 3. The molecule has 0 atom stereocenters. The van der Waals surface area contributed by atoms with Crippen molar-refractivity contribution in [2.45, 2.75) is 6.92 Å². The first-order valence-electron chi connectivity index (χ1n) is 5.41. The zero-order valence-electron chi connectivity index (χ0n) is 9.90. The zero-order chi connectivity index (χ0) is 12.9. The number of carbonyl (C=O) groups excluding carboxylic acids is 1. The Morgan fingerprint density at radius 1 is 1.12 bits per heavy atom. The standard InChI is InChI=1S/C11H19N3O3/c1-2-5-12-6-7-13-8-9-14-10(15)3-4-11(16)17/h2-5,12-13H,6-9H2,1H3,(H,14,15)(H,16,17)/b4-3+,5-2+. The second kappa shape index (κ2) is 10.7. The Labute approximate surface area is 101 Å². The van der Waals surface area contributed by atoms with E-state index in [1.807, 2.05) is 19.2 Å². The van der Waals surface area contributed by atoms with Crippen LogP contribution in [0, 0.1) is 0 Å². The Morgan fingerprint density at radius 3 is 2.47 bits per heavy atom. The predicted molar refractivity (Wildman–Crippen MR) is 65.5 cm³/mol. The molecular weight excluding hydrogens is 222 g/mol. The number of hydrogen-bond acceptors (Lipinski definition) is 4. The van der Waals surface area contributed by atoms with E-state index in [0.717, 1.165) is 25.2 Å². The quantitative estimate of drug-likeness (QED) is 0.321. The van der Waals surface area contributed by atoms with Crippen LogP contribution in [0.25, 0.3) is 0 Å². The number of allylic oxidation sites excluding steroid dienone is 1. The van der Waals surface area contributed by atoms with Crippen LogP contribution in [0.1, 0.15) is 6.92 Å². The molecule has 0 saturated heterocycles. The van der Waals surface area contributed by atoms with Gasteiger partial charge in [-0.05, 0) is 13.1 Å². The van der Waals surface area contributed by atoms with Gasteiger partial charge in [-0.15, -0.1) is 0 Å². The molecular formula is C11H19N3O3. The van der Waals surface area contributed by atoms with Gasteiger partial charge in [0.15, 0.2) is 0 Å². The summed E-state index contributed by atoms with van der Waals surface area (Å²) >= 11 is 0. The fourth-order valence-corrected chi connectivity index (χ4v) is 0.967. The van der Waals surface area contributed by atoms with Gasteiger partial charge in [-0.3, -0.25) is 4.79 Å². The predicted octanol–water partition coefficient (Wildman–Crippen LogP) is -0.544.